The van der Waals surface area contributed by atoms with E-state index in [1.165, 1.54) is 6.07 Å². The first-order valence-corrected chi connectivity index (χ1v) is 5.15. The van der Waals surface area contributed by atoms with Crippen LogP contribution >= 0.6 is 0 Å². The Morgan fingerprint density at radius 2 is 2.31 bits per heavy atom. The van der Waals surface area contributed by atoms with Gasteiger partial charge in [-0.15, -0.1) is 0 Å². The van der Waals surface area contributed by atoms with Crippen molar-refractivity contribution < 1.29 is 10.2 Å². The van der Waals surface area contributed by atoms with E-state index in [0.29, 0.717) is 0 Å². The first-order valence-electron chi connectivity index (χ1n) is 5.15. The normalized spacial score (nSPS) is 12.5. The van der Waals surface area contributed by atoms with Gasteiger partial charge in [0.25, 0.3) is 5.56 Å². The predicted octanol–water partition coefficient (Wildman–Crippen LogP) is -0.947. The molecule has 1 unspecified atom stereocenters. The maximum Gasteiger partial charge on any atom is 0.268 e. The van der Waals surface area contributed by atoms with Crippen LogP contribution in [0.5, 0.6) is 0 Å². The van der Waals surface area contributed by atoms with Crippen LogP contribution in [-0.4, -0.2) is 46.3 Å². The maximum absolute atomic E-state index is 11.6. The molecule has 0 saturated heterocycles. The van der Waals surface area contributed by atoms with Crippen LogP contribution in [0.25, 0.3) is 0 Å². The molecular weight excluding hydrogens is 210 g/mol. The molecule has 0 spiro atoms. The van der Waals surface area contributed by atoms with E-state index < -0.39 is 6.10 Å². The zero-order chi connectivity index (χ0) is 12.1. The average Bonchev–Trinajstić information content (AvgIpc) is 2.30. The Labute approximate surface area is 93.7 Å². The van der Waals surface area contributed by atoms with Crippen molar-refractivity contribution in [1.29, 1.82) is 0 Å². The van der Waals surface area contributed by atoms with Gasteiger partial charge in [0, 0.05) is 19.7 Å². The minimum atomic E-state index is -0.958. The topological polar surface area (TPSA) is 78.6 Å². The van der Waals surface area contributed by atoms with Crippen molar-refractivity contribution in [2.45, 2.75) is 19.6 Å². The van der Waals surface area contributed by atoms with Crippen LogP contribution in [0, 0.1) is 0 Å². The average molecular weight is 227 g/mol. The number of hydrogen-bond acceptors (Lipinski definition) is 5. The second kappa shape index (κ2) is 5.62. The molecule has 90 valence electrons. The van der Waals surface area contributed by atoms with E-state index in [1.54, 1.807) is 6.20 Å². The van der Waals surface area contributed by atoms with E-state index >= 15 is 0 Å². The van der Waals surface area contributed by atoms with Gasteiger partial charge in [-0.05, 0) is 6.92 Å². The van der Waals surface area contributed by atoms with Crippen molar-refractivity contribution >= 4 is 5.69 Å². The van der Waals surface area contributed by atoms with Crippen molar-refractivity contribution in [1.82, 2.24) is 9.78 Å². The van der Waals surface area contributed by atoms with Crippen LogP contribution in [-0.2, 0) is 6.54 Å². The summed E-state index contributed by atoms with van der Waals surface area (Å²) in [6, 6.07) is 1.46. The van der Waals surface area contributed by atoms with E-state index in [-0.39, 0.29) is 18.7 Å². The molecule has 1 atom stereocenters. The molecule has 0 bridgehead atoms. The summed E-state index contributed by atoms with van der Waals surface area (Å²) >= 11 is 0. The second-order valence-electron chi connectivity index (χ2n) is 3.58. The lowest BCUT2D eigenvalue weighted by Crippen LogP contribution is -2.31. The molecule has 1 aromatic rings. The van der Waals surface area contributed by atoms with Gasteiger partial charge in [-0.3, -0.25) is 4.79 Å². The summed E-state index contributed by atoms with van der Waals surface area (Å²) in [7, 11) is 1.86. The number of nitrogens with zero attached hydrogens (tertiary/aromatic N) is 3. The lowest BCUT2D eigenvalue weighted by molar-refractivity contribution is 0.0770. The highest BCUT2D eigenvalue weighted by molar-refractivity contribution is 5.41. The van der Waals surface area contributed by atoms with Crippen molar-refractivity contribution in [3.05, 3.63) is 22.6 Å². The molecule has 0 saturated carbocycles. The van der Waals surface area contributed by atoms with E-state index in [1.807, 2.05) is 18.9 Å². The number of rotatable bonds is 5. The fourth-order valence-electron chi connectivity index (χ4n) is 1.21. The monoisotopic (exact) mass is 227 g/mol. The number of hydrogen-bond donors (Lipinski definition) is 2. The standard InChI is InChI=1S/C10H17N3O3/c1-3-12(2)8-4-10(16)13(11-5-8)6-9(15)7-14/h4-5,9,14-15H,3,6-7H2,1-2H3. The Hall–Kier alpha value is -1.40. The lowest BCUT2D eigenvalue weighted by atomic mass is 10.3. The fourth-order valence-corrected chi connectivity index (χ4v) is 1.21. The van der Waals surface area contributed by atoms with E-state index in [4.69, 9.17) is 5.11 Å². The van der Waals surface area contributed by atoms with Gasteiger partial charge in [0.1, 0.15) is 0 Å². The largest absolute Gasteiger partial charge is 0.394 e. The van der Waals surface area contributed by atoms with Gasteiger partial charge >= 0.3 is 0 Å². The second-order valence-corrected chi connectivity index (χ2v) is 3.58. The predicted molar refractivity (Wildman–Crippen MR) is 60.5 cm³/mol. The van der Waals surface area contributed by atoms with Gasteiger partial charge in [-0.25, -0.2) is 4.68 Å². The van der Waals surface area contributed by atoms with Crippen LogP contribution < -0.4 is 10.5 Å². The van der Waals surface area contributed by atoms with Crippen molar-refractivity contribution in [2.75, 3.05) is 25.1 Å². The van der Waals surface area contributed by atoms with E-state index in [2.05, 4.69) is 5.10 Å². The van der Waals surface area contributed by atoms with Crippen molar-refractivity contribution in [2.24, 2.45) is 0 Å². The molecule has 0 amide bonds. The summed E-state index contributed by atoms with van der Waals surface area (Å²) in [5, 5.41) is 21.8. The molecule has 0 aromatic carbocycles. The molecule has 0 aliphatic heterocycles. The van der Waals surface area contributed by atoms with E-state index in [9.17, 15) is 9.90 Å². The summed E-state index contributed by atoms with van der Waals surface area (Å²) in [6.07, 6.45) is 0.606. The highest BCUT2D eigenvalue weighted by Gasteiger charge is 2.07. The molecule has 0 aliphatic carbocycles. The molecule has 6 heteroatoms. The number of aromatic nitrogens is 2. The SMILES string of the molecule is CCN(C)c1cnn(CC(O)CO)c(=O)c1. The van der Waals surface area contributed by atoms with Crippen molar-refractivity contribution in [3.8, 4) is 0 Å². The van der Waals surface area contributed by atoms with Crippen LogP contribution in [0.2, 0.25) is 0 Å². The van der Waals surface area contributed by atoms with Crippen LogP contribution in [0.4, 0.5) is 5.69 Å². The van der Waals surface area contributed by atoms with Gasteiger partial charge in [-0.1, -0.05) is 0 Å². The summed E-state index contributed by atoms with van der Waals surface area (Å²) in [5.74, 6) is 0. The quantitative estimate of drug-likeness (QED) is 0.678. The molecule has 1 rings (SSSR count). The Bertz CT molecular complexity index is 391. The molecule has 0 aliphatic rings. The molecule has 1 heterocycles. The lowest BCUT2D eigenvalue weighted by Gasteiger charge is -2.16. The van der Waals surface area contributed by atoms with Gasteiger partial charge in [0.2, 0.25) is 0 Å². The van der Waals surface area contributed by atoms with Gasteiger partial charge in [0.05, 0.1) is 31.1 Å². The zero-order valence-electron chi connectivity index (χ0n) is 9.50. The minimum absolute atomic E-state index is 0.00541. The van der Waals surface area contributed by atoms with Crippen molar-refractivity contribution in [3.63, 3.8) is 0 Å². The number of aliphatic hydroxyl groups is 2. The Kier molecular flexibility index (Phi) is 4.45. The van der Waals surface area contributed by atoms with E-state index in [0.717, 1.165) is 16.9 Å². The first-order chi connectivity index (χ1) is 7.58. The Balaban J connectivity index is 2.87. The third-order valence-electron chi connectivity index (χ3n) is 2.36. The van der Waals surface area contributed by atoms with Crippen LogP contribution in [0.3, 0.4) is 0 Å². The third kappa shape index (κ3) is 3.04. The number of aliphatic hydroxyl groups excluding tert-OH is 2. The summed E-state index contributed by atoms with van der Waals surface area (Å²) in [4.78, 5) is 13.5. The summed E-state index contributed by atoms with van der Waals surface area (Å²) < 4.78 is 1.13. The molecule has 1 aromatic heterocycles. The molecular formula is C10H17N3O3. The summed E-state index contributed by atoms with van der Waals surface area (Å²) in [5.41, 5.74) is 0.451. The maximum atomic E-state index is 11.6. The highest BCUT2D eigenvalue weighted by Crippen LogP contribution is 2.05. The van der Waals surface area contributed by atoms with Crippen LogP contribution in [0.15, 0.2) is 17.1 Å². The van der Waals surface area contributed by atoms with Gasteiger partial charge in [-0.2, -0.15) is 5.10 Å². The minimum Gasteiger partial charge on any atom is -0.394 e. The highest BCUT2D eigenvalue weighted by atomic mass is 16.3. The molecule has 0 radical (unpaired) electrons. The molecule has 16 heavy (non-hydrogen) atoms. The smallest absolute Gasteiger partial charge is 0.268 e. The molecule has 6 nitrogen and oxygen atoms in total. The third-order valence-corrected chi connectivity index (χ3v) is 2.36. The number of anilines is 1. The zero-order valence-corrected chi connectivity index (χ0v) is 9.50. The molecule has 2 N–H and O–H groups in total. The van der Waals surface area contributed by atoms with Gasteiger partial charge < -0.3 is 15.1 Å². The Morgan fingerprint density at radius 1 is 1.62 bits per heavy atom. The van der Waals surface area contributed by atoms with Gasteiger partial charge in [0.15, 0.2) is 0 Å². The first kappa shape index (κ1) is 12.7. The molecule has 0 fully saturated rings. The Morgan fingerprint density at radius 3 is 2.81 bits per heavy atom. The summed E-state index contributed by atoms with van der Waals surface area (Å²) in [6.45, 7) is 2.38. The fraction of sp³-hybridized carbons (Fsp3) is 0.600. The van der Waals surface area contributed by atoms with Crippen LogP contribution in [0.1, 0.15) is 6.92 Å².